The number of hydrogen-bond acceptors (Lipinski definition) is 4. The molecule has 2 heterocycles. The molecule has 2 aromatic heterocycles. The molecular weight excluding hydrogens is 304 g/mol. The van der Waals surface area contributed by atoms with E-state index in [0.29, 0.717) is 0 Å². The van der Waals surface area contributed by atoms with Gasteiger partial charge in [0.15, 0.2) is 0 Å². The average Bonchev–Trinajstić information content (AvgIpc) is 2.89. The third-order valence-electron chi connectivity index (χ3n) is 2.20. The van der Waals surface area contributed by atoms with E-state index in [4.69, 9.17) is 0 Å². The third-order valence-corrected chi connectivity index (χ3v) is 5.27. The number of aryl methyl sites for hydroxylation is 1. The summed E-state index contributed by atoms with van der Waals surface area (Å²) in [6.07, 6.45) is 3.05. The molecule has 0 aliphatic carbocycles. The van der Waals surface area contributed by atoms with E-state index >= 15 is 0 Å². The van der Waals surface area contributed by atoms with E-state index in [1.807, 2.05) is 6.20 Å². The summed E-state index contributed by atoms with van der Waals surface area (Å²) in [5, 5.41) is 6.68. The predicted octanol–water partition coefficient (Wildman–Crippen LogP) is 3.82. The first-order chi connectivity index (χ1) is 7.79. The number of hydrogen-bond donors (Lipinski definition) is 1. The van der Waals surface area contributed by atoms with Crippen LogP contribution in [0.2, 0.25) is 0 Å². The SMILES string of the molecule is CCc1cnc(CNCc2sccc2Br)s1. The van der Waals surface area contributed by atoms with Crippen LogP contribution in [0.3, 0.4) is 0 Å². The molecule has 0 saturated heterocycles. The molecule has 1 N–H and O–H groups in total. The highest BCUT2D eigenvalue weighted by Crippen LogP contribution is 2.22. The van der Waals surface area contributed by atoms with Gasteiger partial charge in [-0.1, -0.05) is 6.92 Å². The highest BCUT2D eigenvalue weighted by Gasteiger charge is 2.02. The highest BCUT2D eigenvalue weighted by atomic mass is 79.9. The van der Waals surface area contributed by atoms with E-state index < -0.39 is 0 Å². The minimum atomic E-state index is 0.856. The van der Waals surface area contributed by atoms with Gasteiger partial charge in [-0.15, -0.1) is 22.7 Å². The molecule has 0 bridgehead atoms. The number of halogens is 1. The molecule has 0 radical (unpaired) electrons. The van der Waals surface area contributed by atoms with Crippen molar-refractivity contribution < 1.29 is 0 Å². The van der Waals surface area contributed by atoms with Crippen LogP contribution in [0.5, 0.6) is 0 Å². The average molecular weight is 317 g/mol. The number of thiazole rings is 1. The van der Waals surface area contributed by atoms with Crippen molar-refractivity contribution in [3.63, 3.8) is 0 Å². The summed E-state index contributed by atoms with van der Waals surface area (Å²) in [6.45, 7) is 3.92. The Balaban J connectivity index is 1.82. The van der Waals surface area contributed by atoms with Gasteiger partial charge in [-0.05, 0) is 33.8 Å². The standard InChI is InChI=1S/C11H13BrN2S2/c1-2-8-5-14-11(16-8)7-13-6-10-9(12)3-4-15-10/h3-5,13H,2,6-7H2,1H3. The Morgan fingerprint density at radius 1 is 1.44 bits per heavy atom. The van der Waals surface area contributed by atoms with Crippen molar-refractivity contribution >= 4 is 38.6 Å². The monoisotopic (exact) mass is 316 g/mol. The second-order valence-electron chi connectivity index (χ2n) is 3.37. The Hall–Kier alpha value is -0.230. The minimum absolute atomic E-state index is 0.856. The van der Waals surface area contributed by atoms with Crippen LogP contribution in [-0.4, -0.2) is 4.98 Å². The Morgan fingerprint density at radius 2 is 2.31 bits per heavy atom. The number of thiophene rings is 1. The lowest BCUT2D eigenvalue weighted by Crippen LogP contribution is -2.11. The Labute approximate surface area is 112 Å². The van der Waals surface area contributed by atoms with Crippen LogP contribution in [0.15, 0.2) is 22.1 Å². The van der Waals surface area contributed by atoms with Crippen molar-refractivity contribution in [3.8, 4) is 0 Å². The number of rotatable bonds is 5. The van der Waals surface area contributed by atoms with Crippen molar-refractivity contribution in [1.82, 2.24) is 10.3 Å². The normalized spacial score (nSPS) is 10.9. The molecule has 0 spiro atoms. The third kappa shape index (κ3) is 3.13. The zero-order valence-corrected chi connectivity index (χ0v) is 12.2. The van der Waals surface area contributed by atoms with Crippen LogP contribution in [0.25, 0.3) is 0 Å². The quantitative estimate of drug-likeness (QED) is 0.907. The fourth-order valence-corrected chi connectivity index (χ4v) is 3.62. The molecule has 0 saturated carbocycles. The summed E-state index contributed by atoms with van der Waals surface area (Å²) in [6, 6.07) is 2.08. The number of nitrogens with zero attached hydrogens (tertiary/aromatic N) is 1. The van der Waals surface area contributed by atoms with E-state index in [-0.39, 0.29) is 0 Å². The van der Waals surface area contributed by atoms with E-state index in [1.54, 1.807) is 22.7 Å². The van der Waals surface area contributed by atoms with Crippen molar-refractivity contribution in [3.05, 3.63) is 36.9 Å². The van der Waals surface area contributed by atoms with Crippen molar-refractivity contribution in [1.29, 1.82) is 0 Å². The Kier molecular flexibility index (Phi) is 4.52. The largest absolute Gasteiger partial charge is 0.305 e. The van der Waals surface area contributed by atoms with E-state index in [2.05, 4.69) is 44.6 Å². The molecule has 16 heavy (non-hydrogen) atoms. The molecule has 0 aliphatic rings. The number of aromatic nitrogens is 1. The van der Waals surface area contributed by atoms with Gasteiger partial charge in [0.25, 0.3) is 0 Å². The van der Waals surface area contributed by atoms with Gasteiger partial charge in [0.05, 0.1) is 0 Å². The fraction of sp³-hybridized carbons (Fsp3) is 0.364. The van der Waals surface area contributed by atoms with Gasteiger partial charge < -0.3 is 5.32 Å². The first kappa shape index (κ1) is 12.2. The Bertz CT molecular complexity index is 450. The summed E-state index contributed by atoms with van der Waals surface area (Å²) >= 11 is 7.09. The second kappa shape index (κ2) is 5.91. The molecule has 0 unspecified atom stereocenters. The lowest BCUT2D eigenvalue weighted by atomic mass is 10.4. The molecule has 2 rings (SSSR count). The minimum Gasteiger partial charge on any atom is -0.305 e. The van der Waals surface area contributed by atoms with Crippen LogP contribution >= 0.6 is 38.6 Å². The highest BCUT2D eigenvalue weighted by molar-refractivity contribution is 9.10. The molecule has 2 aromatic rings. The summed E-state index contributed by atoms with van der Waals surface area (Å²) in [5.41, 5.74) is 0. The van der Waals surface area contributed by atoms with Gasteiger partial charge in [-0.2, -0.15) is 0 Å². The molecule has 86 valence electrons. The number of nitrogens with one attached hydrogen (secondary N) is 1. The molecule has 0 atom stereocenters. The van der Waals surface area contributed by atoms with Crippen LogP contribution in [0.1, 0.15) is 21.7 Å². The first-order valence-corrected chi connectivity index (χ1v) is 7.64. The molecule has 0 fully saturated rings. The summed E-state index contributed by atoms with van der Waals surface area (Å²) in [7, 11) is 0. The van der Waals surface area contributed by atoms with Gasteiger partial charge in [0, 0.05) is 33.5 Å². The van der Waals surface area contributed by atoms with Gasteiger partial charge in [0.2, 0.25) is 0 Å². The van der Waals surface area contributed by atoms with Gasteiger partial charge >= 0.3 is 0 Å². The van der Waals surface area contributed by atoms with Crippen molar-refractivity contribution in [2.45, 2.75) is 26.4 Å². The molecule has 2 nitrogen and oxygen atoms in total. The Morgan fingerprint density at radius 3 is 2.94 bits per heavy atom. The van der Waals surface area contributed by atoms with Crippen LogP contribution in [-0.2, 0) is 19.5 Å². The molecule has 0 aliphatic heterocycles. The van der Waals surface area contributed by atoms with Crippen molar-refractivity contribution in [2.75, 3.05) is 0 Å². The summed E-state index contributed by atoms with van der Waals surface area (Å²) in [4.78, 5) is 7.07. The topological polar surface area (TPSA) is 24.9 Å². The zero-order valence-electron chi connectivity index (χ0n) is 9.00. The predicted molar refractivity (Wildman–Crippen MR) is 74.1 cm³/mol. The van der Waals surface area contributed by atoms with Gasteiger partial charge in [-0.25, -0.2) is 4.98 Å². The summed E-state index contributed by atoms with van der Waals surface area (Å²) in [5.74, 6) is 0. The van der Waals surface area contributed by atoms with E-state index in [1.165, 1.54) is 19.2 Å². The lowest BCUT2D eigenvalue weighted by molar-refractivity contribution is 0.696. The van der Waals surface area contributed by atoms with Crippen LogP contribution < -0.4 is 5.32 Å². The first-order valence-electron chi connectivity index (χ1n) is 5.15. The van der Waals surface area contributed by atoms with Crippen molar-refractivity contribution in [2.24, 2.45) is 0 Å². The summed E-state index contributed by atoms with van der Waals surface area (Å²) < 4.78 is 1.19. The molecule has 5 heteroatoms. The van der Waals surface area contributed by atoms with Gasteiger partial charge in [0.1, 0.15) is 5.01 Å². The van der Waals surface area contributed by atoms with E-state index in [0.717, 1.165) is 19.5 Å². The maximum Gasteiger partial charge on any atom is 0.107 e. The molecular formula is C11H13BrN2S2. The maximum absolute atomic E-state index is 4.38. The molecule has 0 amide bonds. The van der Waals surface area contributed by atoms with Crippen LogP contribution in [0.4, 0.5) is 0 Å². The fourth-order valence-electron chi connectivity index (χ4n) is 1.33. The zero-order chi connectivity index (χ0) is 11.4. The van der Waals surface area contributed by atoms with E-state index in [9.17, 15) is 0 Å². The van der Waals surface area contributed by atoms with Gasteiger partial charge in [-0.3, -0.25) is 0 Å². The lowest BCUT2D eigenvalue weighted by Gasteiger charge is -2.00. The van der Waals surface area contributed by atoms with Crippen LogP contribution in [0, 0.1) is 0 Å². The molecule has 0 aromatic carbocycles. The smallest absolute Gasteiger partial charge is 0.107 e. The maximum atomic E-state index is 4.38. The second-order valence-corrected chi connectivity index (χ2v) is 6.42.